The zero-order valence-corrected chi connectivity index (χ0v) is 9.27. The van der Waals surface area contributed by atoms with E-state index >= 15 is 0 Å². The molecular weight excluding hydrogens is 196 g/mol. The Labute approximate surface area is 94.8 Å². The Morgan fingerprint density at radius 3 is 2.81 bits per heavy atom. The van der Waals surface area contributed by atoms with E-state index in [1.807, 2.05) is 0 Å². The Kier molecular flexibility index (Phi) is 1.96. The standard InChI is InChI=1S/C14H14N2/c1-9-8-11-7-6-10-4-2-3-5-12(10)13(11)14(9)16-15/h2-7,9H,8,15H2,1H3. The Balaban J connectivity index is 2.40. The molecule has 2 nitrogen and oxygen atoms in total. The minimum Gasteiger partial charge on any atom is -0.323 e. The zero-order valence-electron chi connectivity index (χ0n) is 9.27. The van der Waals surface area contributed by atoms with Crippen LogP contribution in [0.15, 0.2) is 41.5 Å². The number of fused-ring (bicyclic) bond motifs is 3. The lowest BCUT2D eigenvalue weighted by molar-refractivity contribution is 0.796. The molecule has 1 atom stereocenters. The molecule has 2 aromatic carbocycles. The van der Waals surface area contributed by atoms with Gasteiger partial charge in [0.15, 0.2) is 0 Å². The van der Waals surface area contributed by atoms with Crippen LogP contribution in [-0.2, 0) is 6.42 Å². The van der Waals surface area contributed by atoms with Gasteiger partial charge in [-0.2, -0.15) is 5.10 Å². The second-order valence-corrected chi connectivity index (χ2v) is 4.44. The molecule has 0 aromatic heterocycles. The van der Waals surface area contributed by atoms with E-state index in [9.17, 15) is 0 Å². The maximum Gasteiger partial charge on any atom is 0.0713 e. The molecule has 0 fully saturated rings. The predicted molar refractivity (Wildman–Crippen MR) is 67.5 cm³/mol. The minimum atomic E-state index is 0.436. The molecule has 1 aliphatic carbocycles. The maximum absolute atomic E-state index is 5.52. The third-order valence-corrected chi connectivity index (χ3v) is 3.40. The fourth-order valence-corrected chi connectivity index (χ4v) is 2.65. The van der Waals surface area contributed by atoms with Crippen molar-refractivity contribution in [3.63, 3.8) is 0 Å². The Bertz CT molecular complexity index is 584. The summed E-state index contributed by atoms with van der Waals surface area (Å²) >= 11 is 0. The number of nitrogens with two attached hydrogens (primary N) is 1. The molecule has 0 heterocycles. The van der Waals surface area contributed by atoms with E-state index in [0.29, 0.717) is 5.92 Å². The first kappa shape index (κ1) is 9.40. The summed E-state index contributed by atoms with van der Waals surface area (Å²) in [6.07, 6.45) is 1.05. The Morgan fingerprint density at radius 2 is 2.00 bits per heavy atom. The van der Waals surface area contributed by atoms with E-state index in [-0.39, 0.29) is 0 Å². The molecule has 2 heteroatoms. The molecule has 3 rings (SSSR count). The summed E-state index contributed by atoms with van der Waals surface area (Å²) in [4.78, 5) is 0. The molecule has 0 saturated heterocycles. The first-order valence-corrected chi connectivity index (χ1v) is 5.60. The van der Waals surface area contributed by atoms with Gasteiger partial charge in [-0.15, -0.1) is 0 Å². The van der Waals surface area contributed by atoms with Crippen molar-refractivity contribution in [2.24, 2.45) is 16.9 Å². The van der Waals surface area contributed by atoms with Crippen LogP contribution in [0.2, 0.25) is 0 Å². The number of hydrazone groups is 1. The summed E-state index contributed by atoms with van der Waals surface area (Å²) < 4.78 is 0. The number of hydrogen-bond donors (Lipinski definition) is 1. The lowest BCUT2D eigenvalue weighted by Gasteiger charge is -2.06. The molecule has 0 spiro atoms. The van der Waals surface area contributed by atoms with Crippen LogP contribution in [0.4, 0.5) is 0 Å². The topological polar surface area (TPSA) is 38.4 Å². The molecule has 0 bridgehead atoms. The summed E-state index contributed by atoms with van der Waals surface area (Å²) in [5.41, 5.74) is 3.68. The van der Waals surface area contributed by atoms with Gasteiger partial charge in [-0.3, -0.25) is 0 Å². The highest BCUT2D eigenvalue weighted by Gasteiger charge is 2.26. The summed E-state index contributed by atoms with van der Waals surface area (Å²) in [5.74, 6) is 5.95. The average Bonchev–Trinajstić information content (AvgIpc) is 2.65. The van der Waals surface area contributed by atoms with Crippen LogP contribution in [0.5, 0.6) is 0 Å². The predicted octanol–water partition coefficient (Wildman–Crippen LogP) is 2.69. The molecule has 0 aliphatic heterocycles. The number of benzene rings is 2. The molecule has 0 radical (unpaired) electrons. The van der Waals surface area contributed by atoms with Gasteiger partial charge in [0.2, 0.25) is 0 Å². The summed E-state index contributed by atoms with van der Waals surface area (Å²) in [7, 11) is 0. The van der Waals surface area contributed by atoms with Crippen molar-refractivity contribution in [2.75, 3.05) is 0 Å². The quantitative estimate of drug-likeness (QED) is 0.527. The van der Waals surface area contributed by atoms with Crippen molar-refractivity contribution in [2.45, 2.75) is 13.3 Å². The van der Waals surface area contributed by atoms with Crippen LogP contribution >= 0.6 is 0 Å². The third-order valence-electron chi connectivity index (χ3n) is 3.40. The number of rotatable bonds is 0. The van der Waals surface area contributed by atoms with Crippen molar-refractivity contribution >= 4 is 16.5 Å². The van der Waals surface area contributed by atoms with Crippen molar-refractivity contribution in [1.29, 1.82) is 0 Å². The van der Waals surface area contributed by atoms with Crippen molar-refractivity contribution in [3.8, 4) is 0 Å². The first-order chi connectivity index (χ1) is 7.81. The Hall–Kier alpha value is -1.83. The zero-order chi connectivity index (χ0) is 11.1. The molecular formula is C14H14N2. The molecule has 1 unspecified atom stereocenters. The molecule has 0 amide bonds. The second kappa shape index (κ2) is 3.34. The van der Waals surface area contributed by atoms with E-state index < -0.39 is 0 Å². The van der Waals surface area contributed by atoms with Gasteiger partial charge < -0.3 is 5.84 Å². The van der Waals surface area contributed by atoms with E-state index in [1.54, 1.807) is 0 Å². The van der Waals surface area contributed by atoms with Gasteiger partial charge in [0.05, 0.1) is 5.71 Å². The summed E-state index contributed by atoms with van der Waals surface area (Å²) in [5, 5.41) is 6.51. The molecule has 16 heavy (non-hydrogen) atoms. The van der Waals surface area contributed by atoms with Gasteiger partial charge in [0.25, 0.3) is 0 Å². The van der Waals surface area contributed by atoms with Crippen molar-refractivity contribution in [1.82, 2.24) is 0 Å². The van der Waals surface area contributed by atoms with Crippen LogP contribution in [0.3, 0.4) is 0 Å². The first-order valence-electron chi connectivity index (χ1n) is 5.60. The SMILES string of the molecule is CC1Cc2ccc3ccccc3c2C1=NN. The van der Waals surface area contributed by atoms with Crippen LogP contribution in [0, 0.1) is 5.92 Å². The lowest BCUT2D eigenvalue weighted by Crippen LogP contribution is -2.08. The van der Waals surface area contributed by atoms with Gasteiger partial charge in [-0.05, 0) is 22.8 Å². The summed E-state index contributed by atoms with van der Waals surface area (Å²) in [6, 6.07) is 12.8. The largest absolute Gasteiger partial charge is 0.323 e. The lowest BCUT2D eigenvalue weighted by atomic mass is 10.00. The van der Waals surface area contributed by atoms with Crippen LogP contribution in [0.1, 0.15) is 18.1 Å². The van der Waals surface area contributed by atoms with E-state index in [1.165, 1.54) is 21.9 Å². The van der Waals surface area contributed by atoms with Crippen LogP contribution in [0.25, 0.3) is 10.8 Å². The highest BCUT2D eigenvalue weighted by Crippen LogP contribution is 2.32. The smallest absolute Gasteiger partial charge is 0.0713 e. The molecule has 1 aliphatic rings. The fourth-order valence-electron chi connectivity index (χ4n) is 2.65. The van der Waals surface area contributed by atoms with E-state index in [4.69, 9.17) is 5.84 Å². The van der Waals surface area contributed by atoms with Gasteiger partial charge >= 0.3 is 0 Å². The molecule has 0 saturated carbocycles. The normalized spacial score (nSPS) is 21.6. The van der Waals surface area contributed by atoms with Gasteiger partial charge in [0.1, 0.15) is 0 Å². The van der Waals surface area contributed by atoms with Crippen LogP contribution < -0.4 is 5.84 Å². The highest BCUT2D eigenvalue weighted by molar-refractivity contribution is 6.15. The average molecular weight is 210 g/mol. The highest BCUT2D eigenvalue weighted by atomic mass is 15.1. The second-order valence-electron chi connectivity index (χ2n) is 4.44. The maximum atomic E-state index is 5.52. The number of nitrogens with zero attached hydrogens (tertiary/aromatic N) is 1. The summed E-state index contributed by atoms with van der Waals surface area (Å²) in [6.45, 7) is 2.18. The van der Waals surface area contributed by atoms with E-state index in [0.717, 1.165) is 12.1 Å². The van der Waals surface area contributed by atoms with Gasteiger partial charge in [0, 0.05) is 11.5 Å². The Morgan fingerprint density at radius 1 is 1.19 bits per heavy atom. The van der Waals surface area contributed by atoms with Crippen LogP contribution in [-0.4, -0.2) is 5.71 Å². The van der Waals surface area contributed by atoms with Crippen molar-refractivity contribution < 1.29 is 0 Å². The van der Waals surface area contributed by atoms with Crippen molar-refractivity contribution in [3.05, 3.63) is 47.5 Å². The van der Waals surface area contributed by atoms with E-state index in [2.05, 4.69) is 48.4 Å². The fraction of sp³-hybridized carbons (Fsp3) is 0.214. The van der Waals surface area contributed by atoms with Gasteiger partial charge in [-0.1, -0.05) is 43.3 Å². The minimum absolute atomic E-state index is 0.436. The monoisotopic (exact) mass is 210 g/mol. The molecule has 2 N–H and O–H groups in total. The third kappa shape index (κ3) is 1.16. The van der Waals surface area contributed by atoms with Gasteiger partial charge in [-0.25, -0.2) is 0 Å². The molecule has 2 aromatic rings. The molecule has 80 valence electrons. The number of hydrogen-bond acceptors (Lipinski definition) is 2.